The molecule has 1 heterocycles. The normalized spacial score (nSPS) is 25.9. The molecular weight excluding hydrogens is 246 g/mol. The summed E-state index contributed by atoms with van der Waals surface area (Å²) in [6, 6.07) is 0. The van der Waals surface area contributed by atoms with Crippen molar-refractivity contribution in [2.45, 2.75) is 52.2 Å². The van der Waals surface area contributed by atoms with E-state index >= 15 is 0 Å². The van der Waals surface area contributed by atoms with Crippen molar-refractivity contribution in [3.63, 3.8) is 0 Å². The summed E-state index contributed by atoms with van der Waals surface area (Å²) in [5.41, 5.74) is -0.618. The lowest BCUT2D eigenvalue weighted by Gasteiger charge is -2.25. The number of carboxylic acids is 1. The molecule has 5 nitrogen and oxygen atoms in total. The summed E-state index contributed by atoms with van der Waals surface area (Å²) in [5, 5.41) is 19.3. The first kappa shape index (κ1) is 16.4. The minimum Gasteiger partial charge on any atom is -0.481 e. The Morgan fingerprint density at radius 2 is 2.16 bits per heavy atom. The fraction of sp³-hybridized carbons (Fsp3) is 0.929. The summed E-state index contributed by atoms with van der Waals surface area (Å²) in [4.78, 5) is 13.5. The molecule has 0 saturated carbocycles. The Labute approximate surface area is 115 Å². The van der Waals surface area contributed by atoms with Crippen LogP contribution >= 0.6 is 0 Å². The van der Waals surface area contributed by atoms with E-state index in [2.05, 4.69) is 0 Å². The van der Waals surface area contributed by atoms with Gasteiger partial charge in [0, 0.05) is 13.1 Å². The van der Waals surface area contributed by atoms with Crippen LogP contribution in [-0.4, -0.2) is 59.5 Å². The zero-order valence-electron chi connectivity index (χ0n) is 12.3. The Bertz CT molecular complexity index is 295. The number of hydrogen-bond donors (Lipinski definition) is 2. The van der Waals surface area contributed by atoms with Gasteiger partial charge in [0.2, 0.25) is 0 Å². The molecule has 0 aliphatic carbocycles. The van der Waals surface area contributed by atoms with Crippen LogP contribution in [0.15, 0.2) is 0 Å². The summed E-state index contributed by atoms with van der Waals surface area (Å²) in [6.45, 7) is 7.95. The molecule has 1 aliphatic rings. The van der Waals surface area contributed by atoms with E-state index in [1.807, 2.05) is 25.7 Å². The van der Waals surface area contributed by atoms with Gasteiger partial charge in [-0.05, 0) is 33.2 Å². The molecule has 0 spiro atoms. The van der Waals surface area contributed by atoms with E-state index in [-0.39, 0.29) is 6.10 Å². The first-order valence-electron chi connectivity index (χ1n) is 7.15. The minimum atomic E-state index is -0.704. The van der Waals surface area contributed by atoms with Crippen LogP contribution in [0, 0.1) is 5.41 Å². The molecule has 2 N–H and O–H groups in total. The lowest BCUT2D eigenvalue weighted by atomic mass is 9.83. The standard InChI is InChI=1S/C14H27NO4/c1-4-5-14(13(17)18)6-7-15(10-14)8-12(16)9-19-11(2)3/h11-12,16H,4-10H2,1-3H3,(H,17,18). The van der Waals surface area contributed by atoms with Gasteiger partial charge in [-0.25, -0.2) is 0 Å². The van der Waals surface area contributed by atoms with Crippen LogP contribution in [0.5, 0.6) is 0 Å². The van der Waals surface area contributed by atoms with Gasteiger partial charge in [0.25, 0.3) is 0 Å². The second kappa shape index (κ2) is 7.22. The fourth-order valence-electron chi connectivity index (χ4n) is 2.73. The van der Waals surface area contributed by atoms with Crippen molar-refractivity contribution < 1.29 is 19.7 Å². The number of likely N-dealkylation sites (tertiary alicyclic amines) is 1. The summed E-state index contributed by atoms with van der Waals surface area (Å²) in [6.07, 6.45) is 1.81. The van der Waals surface area contributed by atoms with E-state index in [4.69, 9.17) is 4.74 Å². The van der Waals surface area contributed by atoms with Crippen molar-refractivity contribution in [2.75, 3.05) is 26.2 Å². The van der Waals surface area contributed by atoms with Crippen LogP contribution in [0.4, 0.5) is 0 Å². The first-order valence-corrected chi connectivity index (χ1v) is 7.15. The molecule has 0 bridgehead atoms. The quantitative estimate of drug-likeness (QED) is 0.698. The largest absolute Gasteiger partial charge is 0.481 e. The third-order valence-electron chi connectivity index (χ3n) is 3.71. The maximum atomic E-state index is 11.4. The van der Waals surface area contributed by atoms with Gasteiger partial charge in [-0.15, -0.1) is 0 Å². The highest BCUT2D eigenvalue weighted by atomic mass is 16.5. The van der Waals surface area contributed by atoms with Gasteiger partial charge in [0.05, 0.1) is 24.2 Å². The van der Waals surface area contributed by atoms with Crippen LogP contribution in [0.25, 0.3) is 0 Å². The highest BCUT2D eigenvalue weighted by Crippen LogP contribution is 2.35. The molecule has 1 aliphatic heterocycles. The summed E-state index contributed by atoms with van der Waals surface area (Å²) in [5.74, 6) is -0.704. The zero-order chi connectivity index (χ0) is 14.5. The van der Waals surface area contributed by atoms with Crippen LogP contribution in [0.3, 0.4) is 0 Å². The van der Waals surface area contributed by atoms with Gasteiger partial charge in [-0.3, -0.25) is 9.69 Å². The topological polar surface area (TPSA) is 70.0 Å². The van der Waals surface area contributed by atoms with Crippen LogP contribution < -0.4 is 0 Å². The van der Waals surface area contributed by atoms with E-state index in [0.717, 1.165) is 13.0 Å². The van der Waals surface area contributed by atoms with Crippen molar-refractivity contribution in [1.82, 2.24) is 4.90 Å². The van der Waals surface area contributed by atoms with Gasteiger partial charge in [0.1, 0.15) is 0 Å². The number of hydrogen-bond acceptors (Lipinski definition) is 4. The molecular formula is C14H27NO4. The monoisotopic (exact) mass is 273 g/mol. The van der Waals surface area contributed by atoms with Gasteiger partial charge in [-0.1, -0.05) is 13.3 Å². The third kappa shape index (κ3) is 4.75. The van der Waals surface area contributed by atoms with Crippen LogP contribution in [0.1, 0.15) is 40.0 Å². The molecule has 0 radical (unpaired) electrons. The first-order chi connectivity index (χ1) is 8.89. The molecule has 0 aromatic rings. The minimum absolute atomic E-state index is 0.103. The zero-order valence-corrected chi connectivity index (χ0v) is 12.3. The molecule has 1 rings (SSSR count). The number of ether oxygens (including phenoxy) is 1. The number of β-amino-alcohol motifs (C(OH)–C–C–N with tert-alkyl or cyclic N) is 1. The predicted octanol–water partition coefficient (Wildman–Crippen LogP) is 1.35. The lowest BCUT2D eigenvalue weighted by Crippen LogP contribution is -2.38. The molecule has 0 amide bonds. The van der Waals surface area contributed by atoms with E-state index in [9.17, 15) is 15.0 Å². The number of aliphatic carboxylic acids is 1. The number of aliphatic hydroxyl groups is 1. The summed E-state index contributed by atoms with van der Waals surface area (Å²) < 4.78 is 5.37. The number of carbonyl (C=O) groups is 1. The van der Waals surface area contributed by atoms with Gasteiger partial charge in [-0.2, -0.15) is 0 Å². The van der Waals surface area contributed by atoms with Crippen LogP contribution in [-0.2, 0) is 9.53 Å². The molecule has 2 unspecified atom stereocenters. The molecule has 112 valence electrons. The SMILES string of the molecule is CCCC1(C(=O)O)CCN(CC(O)COC(C)C)C1. The molecule has 2 atom stereocenters. The van der Waals surface area contributed by atoms with Gasteiger partial charge >= 0.3 is 5.97 Å². The maximum Gasteiger partial charge on any atom is 0.310 e. The molecule has 19 heavy (non-hydrogen) atoms. The molecule has 0 aromatic carbocycles. The summed E-state index contributed by atoms with van der Waals surface area (Å²) >= 11 is 0. The fourth-order valence-corrected chi connectivity index (χ4v) is 2.73. The number of rotatable bonds is 8. The smallest absolute Gasteiger partial charge is 0.310 e. The van der Waals surface area contributed by atoms with E-state index in [0.29, 0.717) is 32.5 Å². The highest BCUT2D eigenvalue weighted by molar-refractivity contribution is 5.75. The van der Waals surface area contributed by atoms with Crippen molar-refractivity contribution in [1.29, 1.82) is 0 Å². The Morgan fingerprint density at radius 1 is 1.47 bits per heavy atom. The summed E-state index contributed by atoms with van der Waals surface area (Å²) in [7, 11) is 0. The van der Waals surface area contributed by atoms with Crippen molar-refractivity contribution in [2.24, 2.45) is 5.41 Å². The van der Waals surface area contributed by atoms with E-state index < -0.39 is 17.5 Å². The average Bonchev–Trinajstić information content (AvgIpc) is 2.71. The van der Waals surface area contributed by atoms with Crippen molar-refractivity contribution >= 4 is 5.97 Å². The highest BCUT2D eigenvalue weighted by Gasteiger charge is 2.44. The van der Waals surface area contributed by atoms with Crippen molar-refractivity contribution in [3.05, 3.63) is 0 Å². The van der Waals surface area contributed by atoms with E-state index in [1.54, 1.807) is 0 Å². The maximum absolute atomic E-state index is 11.4. The average molecular weight is 273 g/mol. The Hall–Kier alpha value is -0.650. The number of nitrogens with zero attached hydrogens (tertiary/aromatic N) is 1. The number of carboxylic acid groups (broad SMARTS) is 1. The second-order valence-corrected chi connectivity index (χ2v) is 5.86. The Balaban J connectivity index is 2.44. The van der Waals surface area contributed by atoms with Crippen molar-refractivity contribution in [3.8, 4) is 0 Å². The second-order valence-electron chi connectivity index (χ2n) is 5.86. The Kier molecular flexibility index (Phi) is 6.23. The predicted molar refractivity (Wildman–Crippen MR) is 73.1 cm³/mol. The van der Waals surface area contributed by atoms with Crippen LogP contribution in [0.2, 0.25) is 0 Å². The molecule has 5 heteroatoms. The lowest BCUT2D eigenvalue weighted by molar-refractivity contribution is -0.148. The molecule has 0 aromatic heterocycles. The van der Waals surface area contributed by atoms with Gasteiger partial charge in [0.15, 0.2) is 0 Å². The molecule has 1 fully saturated rings. The number of aliphatic hydroxyl groups excluding tert-OH is 1. The molecule has 1 saturated heterocycles. The van der Waals surface area contributed by atoms with E-state index in [1.165, 1.54) is 0 Å². The third-order valence-corrected chi connectivity index (χ3v) is 3.71. The Morgan fingerprint density at radius 3 is 2.68 bits per heavy atom. The van der Waals surface area contributed by atoms with Gasteiger partial charge < -0.3 is 14.9 Å².